The van der Waals surface area contributed by atoms with Crippen molar-refractivity contribution in [2.45, 2.75) is 78.4 Å². The second kappa shape index (κ2) is 9.07. The van der Waals surface area contributed by atoms with Crippen molar-refractivity contribution in [3.63, 3.8) is 0 Å². The van der Waals surface area contributed by atoms with Crippen LogP contribution in [-0.4, -0.2) is 38.3 Å². The summed E-state index contributed by atoms with van der Waals surface area (Å²) in [6.07, 6.45) is 0. The van der Waals surface area contributed by atoms with Gasteiger partial charge in [0.05, 0.1) is 44.6 Å². The lowest BCUT2D eigenvalue weighted by atomic mass is 9.80. The van der Waals surface area contributed by atoms with Crippen LogP contribution in [0, 0.1) is 0 Å². The first-order valence-electron chi connectivity index (χ1n) is 13.8. The molecular weight excluding hydrogens is 483 g/mol. The van der Waals surface area contributed by atoms with Crippen LogP contribution in [0.5, 0.6) is 0 Å². The number of nitrogens with zero attached hydrogens (tertiary/aromatic N) is 4. The van der Waals surface area contributed by atoms with Gasteiger partial charge in [-0.1, -0.05) is 58.0 Å². The maximum absolute atomic E-state index is 6.51. The molecule has 1 fully saturated rings. The first-order chi connectivity index (χ1) is 18.4. The smallest absolute Gasteiger partial charge is 0.398 e. The predicted octanol–water partition coefficient (Wildman–Crippen LogP) is 6.94. The third-order valence-corrected chi connectivity index (χ3v) is 8.19. The van der Waals surface area contributed by atoms with Crippen molar-refractivity contribution in [1.82, 2.24) is 19.9 Å². The minimum atomic E-state index is -0.654. The van der Waals surface area contributed by atoms with E-state index < -0.39 is 18.3 Å². The molecule has 6 rings (SSSR count). The number of fused-ring (bicyclic) bond motifs is 4. The second-order valence-electron chi connectivity index (χ2n) is 12.2. The molecule has 0 N–H and O–H groups in total. The summed E-state index contributed by atoms with van der Waals surface area (Å²) in [6, 6.07) is 18.6. The molecule has 0 spiro atoms. The zero-order valence-corrected chi connectivity index (χ0v) is 24.0. The quantitative estimate of drug-likeness (QED) is 0.190. The van der Waals surface area contributed by atoms with E-state index in [9.17, 15) is 0 Å². The molecular formula is C32H35BN4O2. The third-order valence-electron chi connectivity index (χ3n) is 8.19. The molecule has 0 aliphatic carbocycles. The molecule has 0 radical (unpaired) electrons. The van der Waals surface area contributed by atoms with E-state index >= 15 is 0 Å². The van der Waals surface area contributed by atoms with Gasteiger partial charge in [-0.25, -0.2) is 4.98 Å². The Kier molecular flexibility index (Phi) is 6.01. The summed E-state index contributed by atoms with van der Waals surface area (Å²) in [5, 5.41) is 2.06. The maximum atomic E-state index is 6.51. The van der Waals surface area contributed by atoms with Crippen molar-refractivity contribution in [2.75, 3.05) is 0 Å². The number of pyridine rings is 2. The van der Waals surface area contributed by atoms with Gasteiger partial charge < -0.3 is 9.31 Å². The van der Waals surface area contributed by atoms with Crippen LogP contribution in [0.15, 0.2) is 54.6 Å². The summed E-state index contributed by atoms with van der Waals surface area (Å²) in [7, 11) is -0.654. The molecule has 5 aromatic rings. The van der Waals surface area contributed by atoms with Crippen LogP contribution in [-0.2, 0) is 9.31 Å². The third kappa shape index (κ3) is 4.28. The fourth-order valence-electron chi connectivity index (χ4n) is 5.05. The number of benzene rings is 2. The summed E-state index contributed by atoms with van der Waals surface area (Å²) < 4.78 is 13.0. The Morgan fingerprint density at radius 2 is 1.26 bits per heavy atom. The van der Waals surface area contributed by atoms with Gasteiger partial charge in [0.25, 0.3) is 0 Å². The number of rotatable bonds is 4. The molecule has 0 atom stereocenters. The number of para-hydroxylation sites is 2. The van der Waals surface area contributed by atoms with Crippen molar-refractivity contribution >= 4 is 45.6 Å². The first-order valence-corrected chi connectivity index (χ1v) is 13.8. The van der Waals surface area contributed by atoms with Gasteiger partial charge in [-0.3, -0.25) is 15.0 Å². The lowest BCUT2D eigenvalue weighted by molar-refractivity contribution is 0.00578. The molecule has 198 valence electrons. The van der Waals surface area contributed by atoms with Gasteiger partial charge in [0.1, 0.15) is 0 Å². The Balaban J connectivity index is 1.69. The van der Waals surface area contributed by atoms with E-state index in [-0.39, 0.29) is 5.92 Å². The Labute approximate surface area is 230 Å². The lowest BCUT2D eigenvalue weighted by Crippen LogP contribution is -2.41. The Hall–Kier alpha value is -3.42. The molecule has 1 aliphatic heterocycles. The van der Waals surface area contributed by atoms with Gasteiger partial charge in [-0.05, 0) is 63.8 Å². The molecule has 1 aliphatic rings. The fraction of sp³-hybridized carbons (Fsp3) is 0.375. The fourth-order valence-corrected chi connectivity index (χ4v) is 5.05. The summed E-state index contributed by atoms with van der Waals surface area (Å²) in [6.45, 7) is 16.9. The first kappa shape index (κ1) is 25.8. The van der Waals surface area contributed by atoms with Gasteiger partial charge in [0, 0.05) is 27.7 Å². The predicted molar refractivity (Wildman–Crippen MR) is 159 cm³/mol. The molecule has 0 unspecified atom stereocenters. The number of aromatic nitrogens is 4. The van der Waals surface area contributed by atoms with E-state index in [4.69, 9.17) is 29.2 Å². The molecule has 1 saturated heterocycles. The van der Waals surface area contributed by atoms with Gasteiger partial charge in [-0.2, -0.15) is 0 Å². The van der Waals surface area contributed by atoms with Crippen LogP contribution in [0.4, 0.5) is 0 Å². The van der Waals surface area contributed by atoms with E-state index in [1.807, 2.05) is 24.3 Å². The maximum Gasteiger partial charge on any atom is 0.516 e. The van der Waals surface area contributed by atoms with E-state index in [2.05, 4.69) is 85.7 Å². The molecule has 0 bridgehead atoms. The standard InChI is InChI=1S/C32H35BN4O2/c1-18(2)23-16-14-20-13-15-21-22(17-26(19(3)4)36-28(21)27(20)34-23)29-30(33-38-31(5,6)32(7,8)39-33)37-25-12-10-9-11-24(25)35-29/h9-19H,1-8H3. The molecule has 7 heteroatoms. The van der Waals surface area contributed by atoms with E-state index in [0.29, 0.717) is 11.5 Å². The van der Waals surface area contributed by atoms with Gasteiger partial charge >= 0.3 is 7.12 Å². The second-order valence-corrected chi connectivity index (χ2v) is 12.2. The van der Waals surface area contributed by atoms with E-state index in [1.165, 1.54) is 0 Å². The van der Waals surface area contributed by atoms with Crippen molar-refractivity contribution < 1.29 is 9.31 Å². The summed E-state index contributed by atoms with van der Waals surface area (Å²) in [4.78, 5) is 20.5. The van der Waals surface area contributed by atoms with Crippen molar-refractivity contribution in [1.29, 1.82) is 0 Å². The number of hydrogen-bond donors (Lipinski definition) is 0. The Bertz CT molecular complexity index is 1730. The number of hydrogen-bond acceptors (Lipinski definition) is 6. The lowest BCUT2D eigenvalue weighted by Gasteiger charge is -2.32. The van der Waals surface area contributed by atoms with Gasteiger partial charge in [0.2, 0.25) is 0 Å². The van der Waals surface area contributed by atoms with Crippen LogP contribution in [0.3, 0.4) is 0 Å². The molecule has 0 saturated carbocycles. The average Bonchev–Trinajstić information content (AvgIpc) is 3.12. The average molecular weight is 518 g/mol. The molecule has 3 aromatic heterocycles. The Morgan fingerprint density at radius 1 is 0.667 bits per heavy atom. The monoisotopic (exact) mass is 518 g/mol. The minimum absolute atomic E-state index is 0.213. The molecule has 6 nitrogen and oxygen atoms in total. The molecule has 39 heavy (non-hydrogen) atoms. The zero-order chi connectivity index (χ0) is 27.7. The van der Waals surface area contributed by atoms with Crippen molar-refractivity contribution in [3.8, 4) is 11.3 Å². The normalized spacial score (nSPS) is 16.8. The van der Waals surface area contributed by atoms with Crippen LogP contribution < -0.4 is 5.59 Å². The highest BCUT2D eigenvalue weighted by Gasteiger charge is 2.53. The highest BCUT2D eigenvalue weighted by Crippen LogP contribution is 2.39. The highest BCUT2D eigenvalue weighted by atomic mass is 16.7. The van der Waals surface area contributed by atoms with Gasteiger partial charge in [0.15, 0.2) is 0 Å². The van der Waals surface area contributed by atoms with Crippen molar-refractivity contribution in [2.24, 2.45) is 0 Å². The zero-order valence-electron chi connectivity index (χ0n) is 24.0. The summed E-state index contributed by atoms with van der Waals surface area (Å²) in [5.41, 5.74) is 6.85. The highest BCUT2D eigenvalue weighted by molar-refractivity contribution is 6.63. The molecule has 4 heterocycles. The van der Waals surface area contributed by atoms with Crippen LogP contribution in [0.2, 0.25) is 0 Å². The summed E-state index contributed by atoms with van der Waals surface area (Å²) in [5.74, 6) is 0.532. The molecule has 2 aromatic carbocycles. The van der Waals surface area contributed by atoms with Gasteiger partial charge in [-0.15, -0.1) is 0 Å². The van der Waals surface area contributed by atoms with E-state index in [0.717, 1.165) is 55.5 Å². The Morgan fingerprint density at radius 3 is 1.90 bits per heavy atom. The molecule has 0 amide bonds. The minimum Gasteiger partial charge on any atom is -0.398 e. The van der Waals surface area contributed by atoms with Crippen molar-refractivity contribution in [3.05, 3.63) is 66.0 Å². The van der Waals surface area contributed by atoms with Crippen LogP contribution in [0.25, 0.3) is 44.1 Å². The topological polar surface area (TPSA) is 70.0 Å². The van der Waals surface area contributed by atoms with E-state index in [1.54, 1.807) is 0 Å². The summed E-state index contributed by atoms with van der Waals surface area (Å²) >= 11 is 0. The largest absolute Gasteiger partial charge is 0.516 e. The SMILES string of the molecule is CC(C)c1ccc2ccc3c(-c4nc5ccccc5nc4B4OC(C)(C)C(C)(C)O4)cc(C(C)C)nc3c2n1. The van der Waals surface area contributed by atoms with Crippen LogP contribution in [0.1, 0.15) is 78.6 Å². The van der Waals surface area contributed by atoms with Crippen LogP contribution >= 0.6 is 0 Å².